The lowest BCUT2D eigenvalue weighted by atomic mass is 10.2. The number of nitrogens with one attached hydrogen (secondary N) is 3. The van der Waals surface area contributed by atoms with Crippen LogP contribution >= 0.6 is 0 Å². The summed E-state index contributed by atoms with van der Waals surface area (Å²) in [6, 6.07) is 12.3. The van der Waals surface area contributed by atoms with Crippen molar-refractivity contribution in [3.05, 3.63) is 71.8 Å². The van der Waals surface area contributed by atoms with Gasteiger partial charge in [0.2, 0.25) is 21.9 Å². The van der Waals surface area contributed by atoms with E-state index in [0.717, 1.165) is 18.4 Å². The number of amides is 1. The highest BCUT2D eigenvalue weighted by atomic mass is 32.2. The second-order valence-corrected chi connectivity index (χ2v) is 10.7. The Labute approximate surface area is 234 Å². The van der Waals surface area contributed by atoms with Gasteiger partial charge < -0.3 is 20.1 Å². The van der Waals surface area contributed by atoms with Crippen molar-refractivity contribution < 1.29 is 35.9 Å². The molecule has 3 aliphatic rings. The van der Waals surface area contributed by atoms with Gasteiger partial charge in [-0.05, 0) is 61.2 Å². The zero-order valence-electron chi connectivity index (χ0n) is 21.6. The molecule has 0 fully saturated rings. The summed E-state index contributed by atoms with van der Waals surface area (Å²) >= 11 is 0. The fourth-order valence-electron chi connectivity index (χ4n) is 3.53. The highest BCUT2D eigenvalue weighted by Gasteiger charge is 2.29. The van der Waals surface area contributed by atoms with E-state index in [-0.39, 0.29) is 29.8 Å². The molecule has 0 aliphatic carbocycles. The van der Waals surface area contributed by atoms with Crippen LogP contribution in [0.15, 0.2) is 60.7 Å². The Morgan fingerprint density at radius 2 is 1.66 bits per heavy atom. The number of halogens is 3. The number of ether oxygens (including phenoxy) is 2. The Kier molecular flexibility index (Phi) is 9.60. The monoisotopic (exact) mass is 592 g/mol. The highest BCUT2D eigenvalue weighted by molar-refractivity contribution is 7.90. The van der Waals surface area contributed by atoms with Crippen LogP contribution in [0.4, 0.5) is 30.8 Å². The number of aromatic nitrogens is 3. The van der Waals surface area contributed by atoms with Crippen molar-refractivity contribution in [1.29, 1.82) is 0 Å². The van der Waals surface area contributed by atoms with E-state index in [4.69, 9.17) is 9.47 Å². The van der Waals surface area contributed by atoms with Gasteiger partial charge in [0.25, 0.3) is 5.91 Å². The van der Waals surface area contributed by atoms with Crippen LogP contribution < -0.4 is 24.8 Å². The number of rotatable bonds is 2. The minimum atomic E-state index is -4.60. The van der Waals surface area contributed by atoms with Gasteiger partial charge >= 0.3 is 12.2 Å². The predicted molar refractivity (Wildman–Crippen MR) is 145 cm³/mol. The summed E-state index contributed by atoms with van der Waals surface area (Å²) in [5, 5.41) is 5.76. The summed E-state index contributed by atoms with van der Waals surface area (Å²) in [5.41, 5.74) is 1.28. The number of nitrogens with zero attached hydrogens (tertiary/aromatic N) is 3. The zero-order chi connectivity index (χ0) is 29.3. The largest absolute Gasteiger partial charge is 0.494 e. The summed E-state index contributed by atoms with van der Waals surface area (Å²) < 4.78 is 75.3. The molecule has 1 aromatic heterocycles. The molecule has 15 heteroatoms. The van der Waals surface area contributed by atoms with E-state index in [0.29, 0.717) is 24.5 Å². The number of sulfonamides is 1. The van der Waals surface area contributed by atoms with Gasteiger partial charge in [0.15, 0.2) is 6.61 Å². The van der Waals surface area contributed by atoms with Gasteiger partial charge in [-0.1, -0.05) is 24.3 Å². The first-order valence-electron chi connectivity index (χ1n) is 12.5. The molecule has 218 valence electrons. The van der Waals surface area contributed by atoms with Gasteiger partial charge in [0, 0.05) is 17.8 Å². The van der Waals surface area contributed by atoms with Crippen LogP contribution in [-0.2, 0) is 16.6 Å². The smallest absolute Gasteiger partial charge is 0.422 e. The predicted octanol–water partition coefficient (Wildman–Crippen LogP) is 4.35. The van der Waals surface area contributed by atoms with Crippen LogP contribution in [0.3, 0.4) is 0 Å². The number of carbonyl (C=O) groups excluding carboxylic acids is 1. The molecule has 11 nitrogen and oxygen atoms in total. The maximum atomic E-state index is 12.7. The maximum Gasteiger partial charge on any atom is 0.422 e. The van der Waals surface area contributed by atoms with Crippen LogP contribution in [0.2, 0.25) is 0 Å². The number of alkyl halides is 3. The van der Waals surface area contributed by atoms with Crippen LogP contribution in [0, 0.1) is 0 Å². The van der Waals surface area contributed by atoms with E-state index in [1.54, 1.807) is 18.2 Å². The first-order valence-corrected chi connectivity index (χ1v) is 14.2. The summed E-state index contributed by atoms with van der Waals surface area (Å²) in [7, 11) is -3.90. The summed E-state index contributed by atoms with van der Waals surface area (Å²) in [4.78, 5) is 24.5. The Balaban J connectivity index is 1.58. The standard InChI is InChI=1S/C26H27F3N6O5S/c27-26(28,29)17-40-25-33-23-30-16-18-6-12-21(13-7-18)39-14-4-2-1-3-5-15-41(37,38)35-22(36)19-8-10-20(11-9-19)31-24(32-23)34-25/h3,5-13H,1-2,4,14-17H2,(H,35,36)(H2,30,31,32,33,34)/b5-3+. The molecule has 0 spiro atoms. The third kappa shape index (κ3) is 9.94. The van der Waals surface area contributed by atoms with Crippen LogP contribution in [0.5, 0.6) is 11.8 Å². The molecule has 1 amide bonds. The molecule has 41 heavy (non-hydrogen) atoms. The van der Waals surface area contributed by atoms with Gasteiger partial charge in [0.1, 0.15) is 5.75 Å². The second-order valence-electron chi connectivity index (χ2n) is 8.90. The molecule has 3 N–H and O–H groups in total. The summed E-state index contributed by atoms with van der Waals surface area (Å²) in [6.45, 7) is -0.874. The van der Waals surface area contributed by atoms with Gasteiger partial charge in [-0.3, -0.25) is 4.79 Å². The van der Waals surface area contributed by atoms with Crippen molar-refractivity contribution in [3.8, 4) is 11.8 Å². The third-order valence-corrected chi connectivity index (χ3v) is 6.65. The van der Waals surface area contributed by atoms with Crippen molar-refractivity contribution in [1.82, 2.24) is 19.7 Å². The Morgan fingerprint density at radius 1 is 0.927 bits per heavy atom. The Bertz CT molecular complexity index is 1470. The first-order chi connectivity index (χ1) is 19.5. The molecule has 6 bridgehead atoms. The third-order valence-electron chi connectivity index (χ3n) is 5.52. The number of carbonyl (C=O) groups is 1. The average molecular weight is 593 g/mol. The second kappa shape index (κ2) is 13.3. The van der Waals surface area contributed by atoms with Gasteiger partial charge in [-0.2, -0.15) is 28.1 Å². The average Bonchev–Trinajstić information content (AvgIpc) is 2.92. The van der Waals surface area contributed by atoms with Crippen LogP contribution in [0.25, 0.3) is 0 Å². The van der Waals surface area contributed by atoms with E-state index in [1.165, 1.54) is 30.3 Å². The van der Waals surface area contributed by atoms with E-state index in [1.807, 2.05) is 16.9 Å². The van der Waals surface area contributed by atoms with Crippen molar-refractivity contribution in [2.75, 3.05) is 29.6 Å². The molecule has 3 aromatic rings. The lowest BCUT2D eigenvalue weighted by Crippen LogP contribution is -2.32. The van der Waals surface area contributed by atoms with Crippen LogP contribution in [-0.4, -0.2) is 54.4 Å². The Morgan fingerprint density at radius 3 is 2.39 bits per heavy atom. The topological polar surface area (TPSA) is 144 Å². The zero-order valence-corrected chi connectivity index (χ0v) is 22.5. The molecule has 2 aromatic carbocycles. The quantitative estimate of drug-likeness (QED) is 0.368. The number of allylic oxidation sites excluding steroid dienone is 1. The minimum absolute atomic E-state index is 0.0414. The molecule has 0 saturated heterocycles. The normalized spacial score (nSPS) is 17.1. The molecule has 0 unspecified atom stereocenters. The van der Waals surface area contributed by atoms with Crippen molar-refractivity contribution in [3.63, 3.8) is 0 Å². The SMILES string of the molecule is O=C1NS(=O)(=O)C/C=C/CCCCOc2ccc(cc2)CNc2nc(nc(OCC(F)(F)F)n2)Nc2ccc1cc2. The first kappa shape index (κ1) is 29.6. The van der Waals surface area contributed by atoms with Crippen molar-refractivity contribution in [2.24, 2.45) is 0 Å². The van der Waals surface area contributed by atoms with Gasteiger partial charge in [0.05, 0.1) is 12.4 Å². The van der Waals surface area contributed by atoms with E-state index in [9.17, 15) is 26.4 Å². The summed E-state index contributed by atoms with van der Waals surface area (Å²) in [6.07, 6.45) is 0.837. The lowest BCUT2D eigenvalue weighted by Gasteiger charge is -2.12. The fourth-order valence-corrected chi connectivity index (χ4v) is 4.40. The molecule has 4 heterocycles. The molecule has 0 saturated carbocycles. The Hall–Kier alpha value is -4.40. The number of fused-ring (bicyclic) bond motifs is 2. The molecule has 0 radical (unpaired) electrons. The maximum absolute atomic E-state index is 12.7. The number of hydrogen-bond acceptors (Lipinski definition) is 10. The van der Waals surface area contributed by atoms with Crippen molar-refractivity contribution >= 4 is 33.5 Å². The van der Waals surface area contributed by atoms with E-state index < -0.39 is 34.7 Å². The van der Waals surface area contributed by atoms with Crippen LogP contribution in [0.1, 0.15) is 35.2 Å². The highest BCUT2D eigenvalue weighted by Crippen LogP contribution is 2.21. The number of anilines is 3. The molecule has 0 atom stereocenters. The van der Waals surface area contributed by atoms with Crippen molar-refractivity contribution in [2.45, 2.75) is 32.0 Å². The lowest BCUT2D eigenvalue weighted by molar-refractivity contribution is -0.154. The number of benzene rings is 2. The molecular formula is C26H27F3N6O5S. The fraction of sp³-hybridized carbons (Fsp3) is 0.308. The van der Waals surface area contributed by atoms with E-state index >= 15 is 0 Å². The van der Waals surface area contributed by atoms with Gasteiger partial charge in [-0.25, -0.2) is 13.1 Å². The molecular weight excluding hydrogens is 565 g/mol. The molecule has 6 rings (SSSR count). The summed E-state index contributed by atoms with van der Waals surface area (Å²) in [5.74, 6) is -0.665. The minimum Gasteiger partial charge on any atom is -0.494 e. The molecule has 3 aliphatic heterocycles. The van der Waals surface area contributed by atoms with Gasteiger partial charge in [-0.15, -0.1) is 0 Å². The number of hydrogen-bond donors (Lipinski definition) is 3. The van der Waals surface area contributed by atoms with E-state index in [2.05, 4.69) is 25.6 Å².